The first-order chi connectivity index (χ1) is 8.06. The molecule has 0 spiro atoms. The Kier molecular flexibility index (Phi) is 2.97. The van der Waals surface area contributed by atoms with Gasteiger partial charge in [0, 0.05) is 10.8 Å². The van der Waals surface area contributed by atoms with E-state index in [1.54, 1.807) is 0 Å². The quantitative estimate of drug-likeness (QED) is 0.726. The third-order valence-corrected chi connectivity index (χ3v) is 3.90. The van der Waals surface area contributed by atoms with Crippen molar-refractivity contribution in [3.05, 3.63) is 33.4 Å². The van der Waals surface area contributed by atoms with Gasteiger partial charge in [0.15, 0.2) is 21.2 Å². The molecular weight excluding hydrogens is 339 g/mol. The van der Waals surface area contributed by atoms with Crippen molar-refractivity contribution in [3.8, 4) is 11.5 Å². The number of halogens is 1. The maximum atomic E-state index is 11.1. The number of phenols is 2. The van der Waals surface area contributed by atoms with Gasteiger partial charge in [-0.15, -0.1) is 0 Å². The van der Waals surface area contributed by atoms with Gasteiger partial charge in [-0.2, -0.15) is 0 Å². The van der Waals surface area contributed by atoms with E-state index in [1.807, 2.05) is 0 Å². The van der Waals surface area contributed by atoms with Crippen LogP contribution in [-0.4, -0.2) is 21.3 Å². The van der Waals surface area contributed by atoms with Crippen LogP contribution >= 0.6 is 21.2 Å². The fraction of sp³-hybridized carbons (Fsp3) is 0. The number of carboxylic acids is 1. The van der Waals surface area contributed by atoms with Gasteiger partial charge in [0.25, 0.3) is 0 Å². The number of aromatic carboxylic acids is 1. The second-order valence-electron chi connectivity index (χ2n) is 3.34. The number of fused-ring (bicyclic) bond motifs is 1. The highest BCUT2D eigenvalue weighted by molar-refractivity contribution is 14.1. The molecule has 0 amide bonds. The Morgan fingerprint density at radius 1 is 1.12 bits per heavy atom. The molecule has 0 aliphatic rings. The van der Waals surface area contributed by atoms with Gasteiger partial charge >= 0.3 is 5.97 Å². The molecule has 2 rings (SSSR count). The maximum absolute atomic E-state index is 11.1. The molecule has 5 nitrogen and oxygen atoms in total. The van der Waals surface area contributed by atoms with Crippen molar-refractivity contribution in [3.63, 3.8) is 0 Å². The van der Waals surface area contributed by atoms with E-state index in [-0.39, 0.29) is 31.4 Å². The predicted molar refractivity (Wildman–Crippen MR) is 67.6 cm³/mol. The number of hydrogen-bond donors (Lipinski definition) is 3. The Morgan fingerprint density at radius 2 is 1.82 bits per heavy atom. The summed E-state index contributed by atoms with van der Waals surface area (Å²) < 4.78 is 11.0. The Morgan fingerprint density at radius 3 is 2.41 bits per heavy atom. The molecule has 0 aliphatic carbocycles. The molecule has 0 saturated heterocycles. The van der Waals surface area contributed by atoms with Gasteiger partial charge in [0.2, 0.25) is 0 Å². The molecule has 2 aromatic carbocycles. The molecule has 88 valence electrons. The van der Waals surface area contributed by atoms with E-state index in [4.69, 9.17) is 5.11 Å². The number of phenolic OH excluding ortho intramolecular Hbond substituents is 2. The molecule has 0 radical (unpaired) electrons. The lowest BCUT2D eigenvalue weighted by molar-refractivity contribution is 0.0697. The van der Waals surface area contributed by atoms with Crippen LogP contribution in [0.1, 0.15) is 10.4 Å². The molecule has 3 N–H and O–H groups in total. The van der Waals surface area contributed by atoms with E-state index in [0.29, 0.717) is 0 Å². The van der Waals surface area contributed by atoms with Crippen LogP contribution < -0.4 is 0 Å². The summed E-state index contributed by atoms with van der Waals surface area (Å²) in [7, 11) is 0. The molecule has 6 heteroatoms. The van der Waals surface area contributed by atoms with Crippen molar-refractivity contribution in [2.75, 3.05) is 0 Å². The molecule has 0 saturated carbocycles. The highest BCUT2D eigenvalue weighted by Gasteiger charge is 2.20. The zero-order valence-corrected chi connectivity index (χ0v) is 10.5. The van der Waals surface area contributed by atoms with Crippen LogP contribution in [0.5, 0.6) is 11.5 Å². The summed E-state index contributed by atoms with van der Waals surface area (Å²) in [4.78, 5) is 11.1. The number of hydrogen-bond acceptors (Lipinski definition) is 4. The van der Waals surface area contributed by atoms with Gasteiger partial charge in [-0.25, -0.2) is 4.79 Å². The fourth-order valence-corrected chi connectivity index (χ4v) is 2.78. The number of carboxylic acid groups (broad SMARTS) is 1. The minimum atomic E-state index is -1.81. The summed E-state index contributed by atoms with van der Waals surface area (Å²) in [5.41, 5.74) is -0.210. The lowest BCUT2D eigenvalue weighted by Crippen LogP contribution is -2.01. The van der Waals surface area contributed by atoms with Gasteiger partial charge in [-0.05, 0) is 12.1 Å². The number of benzene rings is 2. The average molecular weight is 346 g/mol. The lowest BCUT2D eigenvalue weighted by atomic mass is 10.0. The van der Waals surface area contributed by atoms with E-state index >= 15 is 0 Å². The highest BCUT2D eigenvalue weighted by atomic mass is 127. The molecule has 0 unspecified atom stereocenters. The van der Waals surface area contributed by atoms with Crippen molar-refractivity contribution in [1.29, 1.82) is 0 Å². The minimum Gasteiger partial charge on any atom is -0.507 e. The minimum absolute atomic E-state index is 0.0607. The number of rotatable bonds is 2. The normalized spacial score (nSPS) is 10.6. The average Bonchev–Trinajstić information content (AvgIpc) is 2.28. The second-order valence-corrected chi connectivity index (χ2v) is 4.86. The Balaban J connectivity index is 3.03. The molecular formula is C11H7IO5. The molecule has 17 heavy (non-hydrogen) atoms. The molecule has 0 fully saturated rings. The fourth-order valence-electron chi connectivity index (χ4n) is 1.66. The number of carbonyl (C=O) groups is 1. The summed E-state index contributed by atoms with van der Waals surface area (Å²) in [5.74, 6) is -1.77. The molecule has 0 atom stereocenters. The monoisotopic (exact) mass is 346 g/mol. The van der Waals surface area contributed by atoms with Crippen LogP contribution in [0.15, 0.2) is 24.3 Å². The first-order valence-corrected chi connectivity index (χ1v) is 6.50. The third-order valence-electron chi connectivity index (χ3n) is 2.37. The first kappa shape index (κ1) is 11.8. The summed E-state index contributed by atoms with van der Waals surface area (Å²) in [6.07, 6.45) is 0. The Bertz CT molecular complexity index is 635. The van der Waals surface area contributed by atoms with E-state index in [1.165, 1.54) is 24.3 Å². The van der Waals surface area contributed by atoms with Gasteiger partial charge in [0.1, 0.15) is 15.1 Å². The van der Waals surface area contributed by atoms with Crippen LogP contribution in [0, 0.1) is 3.57 Å². The Labute approximate surface area is 106 Å². The second kappa shape index (κ2) is 4.28. The topological polar surface area (TPSA) is 94.8 Å². The smallest absolute Gasteiger partial charge is 0.337 e. The van der Waals surface area contributed by atoms with Gasteiger partial charge in [-0.1, -0.05) is 12.1 Å². The number of aromatic hydroxyl groups is 2. The van der Waals surface area contributed by atoms with Crippen molar-refractivity contribution < 1.29 is 23.2 Å². The Hall–Kier alpha value is -1.70. The van der Waals surface area contributed by atoms with Gasteiger partial charge in [-0.3, -0.25) is 3.07 Å². The van der Waals surface area contributed by atoms with Gasteiger partial charge < -0.3 is 15.3 Å². The third kappa shape index (κ3) is 1.84. The van der Waals surface area contributed by atoms with E-state index < -0.39 is 27.2 Å². The van der Waals surface area contributed by atoms with Crippen molar-refractivity contribution in [1.82, 2.24) is 0 Å². The molecule has 0 aromatic heterocycles. The molecule has 0 aliphatic heterocycles. The summed E-state index contributed by atoms with van der Waals surface area (Å²) >= 11 is -1.81. The van der Waals surface area contributed by atoms with Crippen molar-refractivity contribution in [2.24, 2.45) is 0 Å². The van der Waals surface area contributed by atoms with Crippen molar-refractivity contribution in [2.45, 2.75) is 0 Å². The van der Waals surface area contributed by atoms with Gasteiger partial charge in [0.05, 0.1) is 5.56 Å². The molecule has 2 aromatic rings. The van der Waals surface area contributed by atoms with E-state index in [9.17, 15) is 18.1 Å². The van der Waals surface area contributed by atoms with Crippen molar-refractivity contribution >= 4 is 37.9 Å². The van der Waals surface area contributed by atoms with E-state index in [2.05, 4.69) is 0 Å². The zero-order valence-electron chi connectivity index (χ0n) is 8.35. The SMILES string of the molecule is O=Ic1c(O)cc2c(O)cccc2c1C(=O)O. The summed E-state index contributed by atoms with van der Waals surface area (Å²) in [6.45, 7) is 0. The molecule has 0 heterocycles. The summed E-state index contributed by atoms with van der Waals surface area (Å²) in [6, 6.07) is 5.61. The van der Waals surface area contributed by atoms with Crippen LogP contribution in [0.2, 0.25) is 0 Å². The summed E-state index contributed by atoms with van der Waals surface area (Å²) in [5, 5.41) is 28.8. The van der Waals surface area contributed by atoms with Crippen LogP contribution in [0.3, 0.4) is 0 Å². The lowest BCUT2D eigenvalue weighted by Gasteiger charge is -2.08. The first-order valence-electron chi connectivity index (χ1n) is 4.54. The maximum Gasteiger partial charge on any atom is 0.337 e. The standard InChI is InChI=1S/C11H7IO5/c13-7-3-1-2-5-6(7)4-8(14)10(12-17)9(5)11(15)16/h1-4,13-14H,(H,15,16). The van der Waals surface area contributed by atoms with Crippen LogP contribution in [0.25, 0.3) is 10.8 Å². The highest BCUT2D eigenvalue weighted by Crippen LogP contribution is 2.36. The largest absolute Gasteiger partial charge is 0.507 e. The predicted octanol–water partition coefficient (Wildman–Crippen LogP) is 2.43. The zero-order chi connectivity index (χ0) is 12.6. The van der Waals surface area contributed by atoms with E-state index in [0.717, 1.165) is 0 Å². The van der Waals surface area contributed by atoms with Crippen LogP contribution in [-0.2, 0) is 3.07 Å². The molecule has 0 bridgehead atoms. The van der Waals surface area contributed by atoms with Crippen LogP contribution in [0.4, 0.5) is 0 Å².